The van der Waals surface area contributed by atoms with Crippen LogP contribution in [0.25, 0.3) is 0 Å². The van der Waals surface area contributed by atoms with Crippen molar-refractivity contribution in [3.05, 3.63) is 40.2 Å². The monoisotopic (exact) mass is 388 g/mol. The lowest BCUT2D eigenvalue weighted by Crippen LogP contribution is -2.24. The molecule has 7 heteroatoms. The van der Waals surface area contributed by atoms with Crippen molar-refractivity contribution in [2.45, 2.75) is 52.0 Å². The quantitative estimate of drug-likeness (QED) is 0.772. The van der Waals surface area contributed by atoms with Gasteiger partial charge < -0.3 is 15.4 Å². The molecule has 2 N–H and O–H groups in total. The van der Waals surface area contributed by atoms with E-state index in [-0.39, 0.29) is 5.91 Å². The van der Waals surface area contributed by atoms with Crippen LogP contribution in [0.15, 0.2) is 18.2 Å². The van der Waals surface area contributed by atoms with Crippen molar-refractivity contribution < 1.29 is 9.53 Å². The molecular formula is C20H25ClN4O2. The average molecular weight is 389 g/mol. The molecule has 3 rings (SSSR count). The molecule has 1 aliphatic carbocycles. The summed E-state index contributed by atoms with van der Waals surface area (Å²) in [6, 6.07) is 5.52. The highest BCUT2D eigenvalue weighted by Gasteiger charge is 2.17. The van der Waals surface area contributed by atoms with E-state index < -0.39 is 0 Å². The van der Waals surface area contributed by atoms with Gasteiger partial charge in [0.1, 0.15) is 11.4 Å². The number of halogens is 1. The fraction of sp³-hybridized carbons (Fsp3) is 0.450. The molecule has 0 bridgehead atoms. The number of rotatable bonds is 5. The Balaban J connectivity index is 1.79. The first-order chi connectivity index (χ1) is 13.0. The van der Waals surface area contributed by atoms with Gasteiger partial charge in [-0.2, -0.15) is 0 Å². The Kier molecular flexibility index (Phi) is 6.16. The minimum atomic E-state index is -0.313. The van der Waals surface area contributed by atoms with Gasteiger partial charge in [0.05, 0.1) is 12.8 Å². The Morgan fingerprint density at radius 3 is 2.59 bits per heavy atom. The molecule has 144 valence electrons. The average Bonchev–Trinajstić information content (AvgIpc) is 2.64. The molecule has 1 heterocycles. The minimum Gasteiger partial charge on any atom is -0.495 e. The van der Waals surface area contributed by atoms with E-state index in [0.29, 0.717) is 34.1 Å². The number of nitrogens with one attached hydrogen (secondary N) is 2. The number of methoxy groups -OCH3 is 1. The molecule has 6 nitrogen and oxygen atoms in total. The molecule has 0 spiro atoms. The number of carbonyl (C=O) groups excluding carboxylic acids is 1. The van der Waals surface area contributed by atoms with E-state index in [1.807, 2.05) is 13.8 Å². The Bertz CT molecular complexity index is 835. The lowest BCUT2D eigenvalue weighted by molar-refractivity contribution is 0.102. The van der Waals surface area contributed by atoms with Crippen molar-refractivity contribution in [1.29, 1.82) is 0 Å². The van der Waals surface area contributed by atoms with Gasteiger partial charge in [-0.25, -0.2) is 9.97 Å². The second kappa shape index (κ2) is 8.57. The highest BCUT2D eigenvalue weighted by molar-refractivity contribution is 6.31. The SMILES string of the molecule is COc1cc(Cl)c(C)cc1NC(=O)c1cc(C)nc(NC2CCCCC2)n1. The molecule has 2 aromatic rings. The fourth-order valence-electron chi connectivity index (χ4n) is 3.30. The number of ether oxygens (including phenoxy) is 1. The third-order valence-corrected chi connectivity index (χ3v) is 5.16. The lowest BCUT2D eigenvalue weighted by Gasteiger charge is -2.23. The largest absolute Gasteiger partial charge is 0.495 e. The third-order valence-electron chi connectivity index (χ3n) is 4.75. The van der Waals surface area contributed by atoms with E-state index in [2.05, 4.69) is 20.6 Å². The molecule has 0 unspecified atom stereocenters. The van der Waals surface area contributed by atoms with Crippen LogP contribution in [-0.2, 0) is 0 Å². The van der Waals surface area contributed by atoms with E-state index in [1.165, 1.54) is 26.4 Å². The number of nitrogens with zero attached hydrogens (tertiary/aromatic N) is 2. The van der Waals surface area contributed by atoms with Crippen LogP contribution in [0.2, 0.25) is 5.02 Å². The van der Waals surface area contributed by atoms with E-state index in [1.54, 1.807) is 18.2 Å². The zero-order valence-corrected chi connectivity index (χ0v) is 16.7. The van der Waals surface area contributed by atoms with Crippen molar-refractivity contribution in [2.24, 2.45) is 0 Å². The minimum absolute atomic E-state index is 0.313. The number of benzene rings is 1. The molecule has 1 aromatic heterocycles. The van der Waals surface area contributed by atoms with Crippen LogP contribution in [0.4, 0.5) is 11.6 Å². The van der Waals surface area contributed by atoms with Gasteiger partial charge in [-0.15, -0.1) is 0 Å². The lowest BCUT2D eigenvalue weighted by atomic mass is 9.96. The Morgan fingerprint density at radius 2 is 1.89 bits per heavy atom. The molecule has 1 saturated carbocycles. The van der Waals surface area contributed by atoms with Gasteiger partial charge in [0, 0.05) is 22.8 Å². The normalized spacial score (nSPS) is 14.7. The number of anilines is 2. The first kappa shape index (κ1) is 19.4. The fourth-order valence-corrected chi connectivity index (χ4v) is 3.45. The number of carbonyl (C=O) groups is 1. The summed E-state index contributed by atoms with van der Waals surface area (Å²) in [4.78, 5) is 21.6. The van der Waals surface area contributed by atoms with Gasteiger partial charge in [-0.05, 0) is 44.4 Å². The molecule has 27 heavy (non-hydrogen) atoms. The summed E-state index contributed by atoms with van der Waals surface area (Å²) in [5, 5.41) is 6.82. The van der Waals surface area contributed by atoms with Crippen molar-refractivity contribution in [3.63, 3.8) is 0 Å². The summed E-state index contributed by atoms with van der Waals surface area (Å²) in [5.74, 6) is 0.698. The molecule has 0 aliphatic heterocycles. The van der Waals surface area contributed by atoms with E-state index in [4.69, 9.17) is 16.3 Å². The van der Waals surface area contributed by atoms with Crippen LogP contribution in [0.3, 0.4) is 0 Å². The highest BCUT2D eigenvalue weighted by Crippen LogP contribution is 2.31. The Labute approximate surface area is 164 Å². The van der Waals surface area contributed by atoms with E-state index in [9.17, 15) is 4.79 Å². The van der Waals surface area contributed by atoms with Gasteiger partial charge in [-0.3, -0.25) is 4.79 Å². The molecule has 0 radical (unpaired) electrons. The highest BCUT2D eigenvalue weighted by atomic mass is 35.5. The smallest absolute Gasteiger partial charge is 0.274 e. The van der Waals surface area contributed by atoms with Gasteiger partial charge in [0.2, 0.25) is 5.95 Å². The van der Waals surface area contributed by atoms with E-state index >= 15 is 0 Å². The standard InChI is InChI=1S/C20H25ClN4O2/c1-12-9-16(18(27-3)11-15(12)21)24-19(26)17-10-13(2)22-20(25-17)23-14-7-5-4-6-8-14/h9-11,14H,4-8H2,1-3H3,(H,24,26)(H,22,23,25). The van der Waals surface area contributed by atoms with Crippen LogP contribution in [0.1, 0.15) is 53.8 Å². The topological polar surface area (TPSA) is 76.1 Å². The van der Waals surface area contributed by atoms with Crippen LogP contribution < -0.4 is 15.4 Å². The molecule has 1 fully saturated rings. The van der Waals surface area contributed by atoms with Crippen molar-refractivity contribution in [3.8, 4) is 5.75 Å². The molecule has 0 saturated heterocycles. The Morgan fingerprint density at radius 1 is 1.15 bits per heavy atom. The van der Waals surface area contributed by atoms with Gasteiger partial charge >= 0.3 is 0 Å². The number of aryl methyl sites for hydroxylation is 2. The van der Waals surface area contributed by atoms with Crippen molar-refractivity contribution in [2.75, 3.05) is 17.7 Å². The molecule has 0 atom stereocenters. The predicted octanol–water partition coefficient (Wildman–Crippen LogP) is 4.75. The maximum absolute atomic E-state index is 12.8. The number of hydrogen-bond donors (Lipinski definition) is 2. The summed E-state index contributed by atoms with van der Waals surface area (Å²) in [5.41, 5.74) is 2.47. The molecule has 1 aromatic carbocycles. The second-order valence-electron chi connectivity index (χ2n) is 6.95. The first-order valence-corrected chi connectivity index (χ1v) is 9.62. The Hall–Kier alpha value is -2.34. The zero-order chi connectivity index (χ0) is 19.4. The van der Waals surface area contributed by atoms with Gasteiger partial charge in [0.25, 0.3) is 5.91 Å². The van der Waals surface area contributed by atoms with Crippen LogP contribution in [0, 0.1) is 13.8 Å². The van der Waals surface area contributed by atoms with Crippen LogP contribution >= 0.6 is 11.6 Å². The third kappa shape index (κ3) is 4.89. The zero-order valence-electron chi connectivity index (χ0n) is 15.9. The summed E-state index contributed by atoms with van der Waals surface area (Å²) in [7, 11) is 1.54. The second-order valence-corrected chi connectivity index (χ2v) is 7.36. The number of hydrogen-bond acceptors (Lipinski definition) is 5. The molecule has 1 aliphatic rings. The summed E-state index contributed by atoms with van der Waals surface area (Å²) < 4.78 is 5.32. The van der Waals surface area contributed by atoms with Crippen molar-refractivity contribution in [1.82, 2.24) is 9.97 Å². The van der Waals surface area contributed by atoms with Crippen LogP contribution in [-0.4, -0.2) is 29.0 Å². The van der Waals surface area contributed by atoms with E-state index in [0.717, 1.165) is 24.1 Å². The van der Waals surface area contributed by atoms with Crippen molar-refractivity contribution >= 4 is 29.1 Å². The number of aromatic nitrogens is 2. The summed E-state index contributed by atoms with van der Waals surface area (Å²) >= 11 is 6.13. The maximum Gasteiger partial charge on any atom is 0.274 e. The summed E-state index contributed by atoms with van der Waals surface area (Å²) in [6.45, 7) is 3.73. The van der Waals surface area contributed by atoms with Gasteiger partial charge in [-0.1, -0.05) is 30.9 Å². The van der Waals surface area contributed by atoms with Crippen LogP contribution in [0.5, 0.6) is 5.75 Å². The first-order valence-electron chi connectivity index (χ1n) is 9.24. The van der Waals surface area contributed by atoms with Gasteiger partial charge in [0.15, 0.2) is 0 Å². The molecule has 1 amide bonds. The number of amides is 1. The molecular weight excluding hydrogens is 364 g/mol. The predicted molar refractivity (Wildman–Crippen MR) is 108 cm³/mol. The maximum atomic E-state index is 12.8. The summed E-state index contributed by atoms with van der Waals surface area (Å²) in [6.07, 6.45) is 5.93.